The third-order valence-corrected chi connectivity index (χ3v) is 4.01. The van der Waals surface area contributed by atoms with Gasteiger partial charge in [-0.05, 0) is 31.5 Å². The number of aryl methyl sites for hydroxylation is 1. The second kappa shape index (κ2) is 7.39. The minimum Gasteiger partial charge on any atom is -0.326 e. The van der Waals surface area contributed by atoms with Crippen LogP contribution in [0.1, 0.15) is 36.1 Å². The van der Waals surface area contributed by atoms with Crippen LogP contribution in [-0.2, 0) is 6.54 Å². The molecule has 0 fully saturated rings. The molecule has 0 spiro atoms. The second-order valence-electron chi connectivity index (χ2n) is 5.83. The molecule has 0 aliphatic rings. The van der Waals surface area contributed by atoms with Gasteiger partial charge in [0.05, 0.1) is 0 Å². The average molecular weight is 282 g/mol. The Hall–Kier alpha value is -1.64. The van der Waals surface area contributed by atoms with E-state index in [1.54, 1.807) is 0 Å². The first-order chi connectivity index (χ1) is 10.1. The monoisotopic (exact) mass is 282 g/mol. The lowest BCUT2D eigenvalue weighted by atomic mass is 9.95. The van der Waals surface area contributed by atoms with Crippen LogP contribution in [0.3, 0.4) is 0 Å². The molecule has 112 valence electrons. The van der Waals surface area contributed by atoms with E-state index in [0.717, 1.165) is 13.0 Å². The largest absolute Gasteiger partial charge is 0.326 e. The van der Waals surface area contributed by atoms with Gasteiger partial charge in [-0.15, -0.1) is 0 Å². The summed E-state index contributed by atoms with van der Waals surface area (Å²) in [5, 5.41) is 0. The highest BCUT2D eigenvalue weighted by Gasteiger charge is 2.23. The molecule has 0 heterocycles. The van der Waals surface area contributed by atoms with E-state index in [1.807, 2.05) is 0 Å². The Balaban J connectivity index is 2.23. The Morgan fingerprint density at radius 2 is 1.76 bits per heavy atom. The molecule has 2 unspecified atom stereocenters. The fourth-order valence-corrected chi connectivity index (χ4v) is 2.88. The topological polar surface area (TPSA) is 29.3 Å². The van der Waals surface area contributed by atoms with E-state index < -0.39 is 0 Å². The molecule has 2 aromatic rings. The van der Waals surface area contributed by atoms with Crippen molar-refractivity contribution in [2.24, 2.45) is 5.73 Å². The van der Waals surface area contributed by atoms with Crippen LogP contribution in [0.25, 0.3) is 0 Å². The Labute approximate surface area is 128 Å². The van der Waals surface area contributed by atoms with Gasteiger partial charge in [-0.2, -0.15) is 0 Å². The van der Waals surface area contributed by atoms with Crippen molar-refractivity contribution in [2.45, 2.75) is 38.9 Å². The number of nitrogens with two attached hydrogens (primary N) is 1. The van der Waals surface area contributed by atoms with Crippen LogP contribution in [0, 0.1) is 6.92 Å². The summed E-state index contributed by atoms with van der Waals surface area (Å²) in [5.41, 5.74) is 10.3. The maximum Gasteiger partial charge on any atom is 0.0499 e. The Bertz CT molecular complexity index is 551. The van der Waals surface area contributed by atoms with E-state index in [9.17, 15) is 0 Å². The van der Waals surface area contributed by atoms with E-state index in [0.29, 0.717) is 0 Å². The van der Waals surface area contributed by atoms with Crippen LogP contribution in [-0.4, -0.2) is 18.0 Å². The molecule has 2 rings (SSSR count). The first-order valence-corrected chi connectivity index (χ1v) is 7.68. The van der Waals surface area contributed by atoms with Crippen molar-refractivity contribution in [3.8, 4) is 0 Å². The van der Waals surface area contributed by atoms with Crippen LogP contribution < -0.4 is 5.73 Å². The number of hydrogen-bond donors (Lipinski definition) is 1. The van der Waals surface area contributed by atoms with Gasteiger partial charge >= 0.3 is 0 Å². The highest BCUT2D eigenvalue weighted by atomic mass is 15.1. The minimum atomic E-state index is 0.139. The summed E-state index contributed by atoms with van der Waals surface area (Å²) in [7, 11) is 2.16. The molecule has 2 nitrogen and oxygen atoms in total. The van der Waals surface area contributed by atoms with Gasteiger partial charge in [-0.25, -0.2) is 0 Å². The fraction of sp³-hybridized carbons (Fsp3) is 0.368. The SMILES string of the molecule is CCC(N)C(c1cccc(C)c1)N(C)Cc1ccccc1. The van der Waals surface area contributed by atoms with Gasteiger partial charge in [0, 0.05) is 18.6 Å². The van der Waals surface area contributed by atoms with Crippen LogP contribution in [0.15, 0.2) is 54.6 Å². The Morgan fingerprint density at radius 3 is 2.38 bits per heavy atom. The summed E-state index contributed by atoms with van der Waals surface area (Å²) >= 11 is 0. The molecular formula is C19H26N2. The van der Waals surface area contributed by atoms with Crippen LogP contribution >= 0.6 is 0 Å². The van der Waals surface area contributed by atoms with Gasteiger partial charge in [-0.3, -0.25) is 4.90 Å². The molecule has 0 saturated carbocycles. The smallest absolute Gasteiger partial charge is 0.0499 e. The maximum atomic E-state index is 6.41. The molecule has 2 atom stereocenters. The summed E-state index contributed by atoms with van der Waals surface area (Å²) in [4.78, 5) is 2.36. The van der Waals surface area contributed by atoms with Gasteiger partial charge in [0.2, 0.25) is 0 Å². The van der Waals surface area contributed by atoms with Crippen LogP contribution in [0.4, 0.5) is 0 Å². The molecule has 0 saturated heterocycles. The predicted molar refractivity (Wildman–Crippen MR) is 90.1 cm³/mol. The van der Waals surface area contributed by atoms with Gasteiger partial charge in [-0.1, -0.05) is 67.1 Å². The van der Waals surface area contributed by atoms with Gasteiger partial charge in [0.25, 0.3) is 0 Å². The van der Waals surface area contributed by atoms with E-state index in [1.165, 1.54) is 16.7 Å². The normalized spacial score (nSPS) is 14.1. The second-order valence-corrected chi connectivity index (χ2v) is 5.83. The number of likely N-dealkylation sites (N-methyl/N-ethyl adjacent to an activating group) is 1. The summed E-state index contributed by atoms with van der Waals surface area (Å²) in [6.45, 7) is 5.20. The van der Waals surface area contributed by atoms with Gasteiger partial charge in [0.15, 0.2) is 0 Å². The lowest BCUT2D eigenvalue weighted by Gasteiger charge is -2.33. The first kappa shape index (κ1) is 15.7. The maximum absolute atomic E-state index is 6.41. The molecule has 0 radical (unpaired) electrons. The molecule has 0 aromatic heterocycles. The molecule has 21 heavy (non-hydrogen) atoms. The number of rotatable bonds is 6. The van der Waals surface area contributed by atoms with Crippen molar-refractivity contribution in [3.63, 3.8) is 0 Å². The van der Waals surface area contributed by atoms with Crippen molar-refractivity contribution in [1.29, 1.82) is 0 Å². The quantitative estimate of drug-likeness (QED) is 0.870. The van der Waals surface area contributed by atoms with E-state index in [2.05, 4.69) is 80.4 Å². The van der Waals surface area contributed by atoms with E-state index in [4.69, 9.17) is 5.73 Å². The number of nitrogens with zero attached hydrogens (tertiary/aromatic N) is 1. The molecule has 2 heteroatoms. The summed E-state index contributed by atoms with van der Waals surface area (Å²) in [6.07, 6.45) is 0.970. The standard InChI is InChI=1S/C19H26N2/c1-4-18(20)19(17-12-8-9-15(2)13-17)21(3)14-16-10-6-5-7-11-16/h5-13,18-19H,4,14,20H2,1-3H3. The Morgan fingerprint density at radius 1 is 1.05 bits per heavy atom. The van der Waals surface area contributed by atoms with Crippen LogP contribution in [0.2, 0.25) is 0 Å². The molecular weight excluding hydrogens is 256 g/mol. The third kappa shape index (κ3) is 4.16. The molecule has 2 N–H and O–H groups in total. The minimum absolute atomic E-state index is 0.139. The molecule has 0 aliphatic carbocycles. The average Bonchev–Trinajstić information content (AvgIpc) is 2.48. The van der Waals surface area contributed by atoms with Crippen molar-refractivity contribution in [3.05, 3.63) is 71.3 Å². The molecule has 2 aromatic carbocycles. The Kier molecular flexibility index (Phi) is 5.54. The zero-order valence-electron chi connectivity index (χ0n) is 13.3. The summed E-state index contributed by atoms with van der Waals surface area (Å²) in [6, 6.07) is 19.6. The van der Waals surface area contributed by atoms with Crippen molar-refractivity contribution >= 4 is 0 Å². The van der Waals surface area contributed by atoms with Crippen molar-refractivity contribution < 1.29 is 0 Å². The highest BCUT2D eigenvalue weighted by Crippen LogP contribution is 2.26. The molecule has 0 aliphatic heterocycles. The zero-order chi connectivity index (χ0) is 15.2. The van der Waals surface area contributed by atoms with Crippen molar-refractivity contribution in [2.75, 3.05) is 7.05 Å². The summed E-state index contributed by atoms with van der Waals surface area (Å²) < 4.78 is 0. The molecule has 0 amide bonds. The zero-order valence-corrected chi connectivity index (χ0v) is 13.3. The van der Waals surface area contributed by atoms with E-state index >= 15 is 0 Å². The van der Waals surface area contributed by atoms with Crippen molar-refractivity contribution in [1.82, 2.24) is 4.90 Å². The third-order valence-electron chi connectivity index (χ3n) is 4.01. The van der Waals surface area contributed by atoms with Crippen LogP contribution in [0.5, 0.6) is 0 Å². The van der Waals surface area contributed by atoms with Gasteiger partial charge in [0.1, 0.15) is 0 Å². The lowest BCUT2D eigenvalue weighted by Crippen LogP contribution is -2.38. The number of hydrogen-bond acceptors (Lipinski definition) is 2. The predicted octanol–water partition coefficient (Wildman–Crippen LogP) is 3.91. The fourth-order valence-electron chi connectivity index (χ4n) is 2.88. The number of benzene rings is 2. The highest BCUT2D eigenvalue weighted by molar-refractivity contribution is 5.26. The first-order valence-electron chi connectivity index (χ1n) is 7.68. The van der Waals surface area contributed by atoms with E-state index in [-0.39, 0.29) is 12.1 Å². The summed E-state index contributed by atoms with van der Waals surface area (Å²) in [5.74, 6) is 0. The molecule has 0 bridgehead atoms. The van der Waals surface area contributed by atoms with Gasteiger partial charge < -0.3 is 5.73 Å². The lowest BCUT2D eigenvalue weighted by molar-refractivity contribution is 0.201.